The lowest BCUT2D eigenvalue weighted by Gasteiger charge is -2.34. The van der Waals surface area contributed by atoms with E-state index in [4.69, 9.17) is 4.74 Å². The van der Waals surface area contributed by atoms with Gasteiger partial charge >= 0.3 is 0 Å². The predicted molar refractivity (Wildman–Crippen MR) is 46.9 cm³/mol. The van der Waals surface area contributed by atoms with E-state index in [0.29, 0.717) is 11.8 Å². The molecule has 0 spiro atoms. The summed E-state index contributed by atoms with van der Waals surface area (Å²) in [6.45, 7) is 3.02. The molecule has 3 unspecified atom stereocenters. The molecule has 1 aliphatic carbocycles. The first-order chi connectivity index (χ1) is 5.79. The van der Waals surface area contributed by atoms with Crippen LogP contribution in [0.25, 0.3) is 0 Å². The summed E-state index contributed by atoms with van der Waals surface area (Å²) in [5.74, 6) is 1.09. The van der Waals surface area contributed by atoms with Crippen LogP contribution in [-0.4, -0.2) is 23.9 Å². The van der Waals surface area contributed by atoms with Gasteiger partial charge < -0.3 is 9.84 Å². The second-order valence-corrected chi connectivity index (χ2v) is 4.28. The molecular weight excluding hydrogens is 152 g/mol. The molecule has 70 valence electrons. The Kier molecular flexibility index (Phi) is 2.37. The average molecular weight is 170 g/mol. The molecule has 0 aromatic carbocycles. The number of rotatable bonds is 2. The second-order valence-electron chi connectivity index (χ2n) is 4.28. The molecule has 2 nitrogen and oxygen atoms in total. The van der Waals surface area contributed by atoms with Gasteiger partial charge in [-0.25, -0.2) is 0 Å². The average Bonchev–Trinajstić information content (AvgIpc) is 2.31. The molecule has 1 saturated heterocycles. The third-order valence-electron chi connectivity index (χ3n) is 3.41. The molecule has 0 radical (unpaired) electrons. The topological polar surface area (TPSA) is 29.5 Å². The summed E-state index contributed by atoms with van der Waals surface area (Å²) in [7, 11) is 0. The minimum Gasteiger partial charge on any atom is -0.390 e. The van der Waals surface area contributed by atoms with Crippen molar-refractivity contribution in [3.8, 4) is 0 Å². The summed E-state index contributed by atoms with van der Waals surface area (Å²) >= 11 is 0. The van der Waals surface area contributed by atoms with Crippen LogP contribution in [0, 0.1) is 11.8 Å². The summed E-state index contributed by atoms with van der Waals surface area (Å²) in [4.78, 5) is 0. The first-order valence-electron chi connectivity index (χ1n) is 5.08. The van der Waals surface area contributed by atoms with Gasteiger partial charge in [0.1, 0.15) is 0 Å². The van der Waals surface area contributed by atoms with Gasteiger partial charge in [0.05, 0.1) is 12.2 Å². The molecule has 0 aromatic heterocycles. The SMILES string of the molecule is CC1CCOC1C(O)C1CCC1. The Bertz CT molecular complexity index is 154. The van der Waals surface area contributed by atoms with E-state index in [1.165, 1.54) is 19.3 Å². The molecule has 0 amide bonds. The van der Waals surface area contributed by atoms with E-state index in [1.54, 1.807) is 0 Å². The van der Waals surface area contributed by atoms with Gasteiger partial charge in [0.2, 0.25) is 0 Å². The molecule has 0 aromatic rings. The van der Waals surface area contributed by atoms with Crippen LogP contribution in [0.4, 0.5) is 0 Å². The fraction of sp³-hybridized carbons (Fsp3) is 1.00. The van der Waals surface area contributed by atoms with Crippen molar-refractivity contribution < 1.29 is 9.84 Å². The normalized spacial score (nSPS) is 39.5. The summed E-state index contributed by atoms with van der Waals surface area (Å²) in [6, 6.07) is 0. The van der Waals surface area contributed by atoms with Crippen LogP contribution in [-0.2, 0) is 4.74 Å². The molecule has 1 saturated carbocycles. The summed E-state index contributed by atoms with van der Waals surface area (Å²) < 4.78 is 5.53. The van der Waals surface area contributed by atoms with Crippen LogP contribution in [0.15, 0.2) is 0 Å². The Balaban J connectivity index is 1.89. The van der Waals surface area contributed by atoms with E-state index >= 15 is 0 Å². The van der Waals surface area contributed by atoms with Crippen LogP contribution in [0.5, 0.6) is 0 Å². The molecule has 2 rings (SSSR count). The van der Waals surface area contributed by atoms with Gasteiger partial charge in [-0.15, -0.1) is 0 Å². The number of ether oxygens (including phenoxy) is 1. The van der Waals surface area contributed by atoms with E-state index in [2.05, 4.69) is 6.92 Å². The van der Waals surface area contributed by atoms with Crippen molar-refractivity contribution in [3.05, 3.63) is 0 Å². The van der Waals surface area contributed by atoms with Crippen LogP contribution >= 0.6 is 0 Å². The minimum absolute atomic E-state index is 0.135. The van der Waals surface area contributed by atoms with Crippen molar-refractivity contribution >= 4 is 0 Å². The highest BCUT2D eigenvalue weighted by Gasteiger charge is 2.37. The van der Waals surface area contributed by atoms with Gasteiger partial charge in [0.15, 0.2) is 0 Å². The number of hydrogen-bond donors (Lipinski definition) is 1. The van der Waals surface area contributed by atoms with Crippen LogP contribution in [0.1, 0.15) is 32.6 Å². The van der Waals surface area contributed by atoms with Crippen molar-refractivity contribution in [1.29, 1.82) is 0 Å². The lowest BCUT2D eigenvalue weighted by Crippen LogP contribution is -2.39. The molecule has 3 atom stereocenters. The molecule has 12 heavy (non-hydrogen) atoms. The van der Waals surface area contributed by atoms with Gasteiger partial charge in [0, 0.05) is 6.61 Å². The van der Waals surface area contributed by atoms with Crippen LogP contribution in [0.2, 0.25) is 0 Å². The quantitative estimate of drug-likeness (QED) is 0.681. The standard InChI is InChI=1S/C10H18O2/c1-7-5-6-12-10(7)9(11)8-3-2-4-8/h7-11H,2-6H2,1H3. The Morgan fingerprint density at radius 2 is 2.08 bits per heavy atom. The van der Waals surface area contributed by atoms with E-state index in [-0.39, 0.29) is 12.2 Å². The van der Waals surface area contributed by atoms with E-state index in [0.717, 1.165) is 13.0 Å². The van der Waals surface area contributed by atoms with Gasteiger partial charge in [-0.3, -0.25) is 0 Å². The third-order valence-corrected chi connectivity index (χ3v) is 3.41. The van der Waals surface area contributed by atoms with Crippen molar-refractivity contribution in [2.24, 2.45) is 11.8 Å². The molecule has 2 fully saturated rings. The molecule has 1 heterocycles. The van der Waals surface area contributed by atoms with Crippen molar-refractivity contribution in [3.63, 3.8) is 0 Å². The molecular formula is C10H18O2. The van der Waals surface area contributed by atoms with E-state index < -0.39 is 0 Å². The number of hydrogen-bond acceptors (Lipinski definition) is 2. The molecule has 1 aliphatic heterocycles. The maximum atomic E-state index is 9.91. The Morgan fingerprint density at radius 1 is 1.33 bits per heavy atom. The smallest absolute Gasteiger partial charge is 0.0862 e. The Morgan fingerprint density at radius 3 is 2.50 bits per heavy atom. The first kappa shape index (κ1) is 8.52. The maximum absolute atomic E-state index is 9.91. The molecule has 2 heteroatoms. The van der Waals surface area contributed by atoms with Crippen molar-refractivity contribution in [2.45, 2.75) is 44.8 Å². The predicted octanol–water partition coefficient (Wildman–Crippen LogP) is 1.57. The Labute approximate surface area is 73.9 Å². The molecule has 1 N–H and O–H groups in total. The second kappa shape index (κ2) is 3.35. The third kappa shape index (κ3) is 1.38. The zero-order valence-electron chi connectivity index (χ0n) is 7.70. The largest absolute Gasteiger partial charge is 0.390 e. The van der Waals surface area contributed by atoms with Crippen LogP contribution < -0.4 is 0 Å². The lowest BCUT2D eigenvalue weighted by atomic mass is 9.77. The zero-order valence-corrected chi connectivity index (χ0v) is 7.70. The first-order valence-corrected chi connectivity index (χ1v) is 5.08. The maximum Gasteiger partial charge on any atom is 0.0862 e. The van der Waals surface area contributed by atoms with E-state index in [1.807, 2.05) is 0 Å². The highest BCUT2D eigenvalue weighted by Crippen LogP contribution is 2.35. The Hall–Kier alpha value is -0.0800. The summed E-state index contributed by atoms with van der Waals surface area (Å²) in [6.07, 6.45) is 4.77. The molecule has 2 aliphatic rings. The van der Waals surface area contributed by atoms with E-state index in [9.17, 15) is 5.11 Å². The highest BCUT2D eigenvalue weighted by molar-refractivity contribution is 4.87. The van der Waals surface area contributed by atoms with Gasteiger partial charge in [-0.1, -0.05) is 13.3 Å². The fourth-order valence-electron chi connectivity index (χ4n) is 2.20. The minimum atomic E-state index is -0.184. The van der Waals surface area contributed by atoms with Crippen molar-refractivity contribution in [2.75, 3.05) is 6.61 Å². The zero-order chi connectivity index (χ0) is 8.55. The number of aliphatic hydroxyl groups excluding tert-OH is 1. The monoisotopic (exact) mass is 170 g/mol. The highest BCUT2D eigenvalue weighted by atomic mass is 16.5. The van der Waals surface area contributed by atoms with Gasteiger partial charge in [0.25, 0.3) is 0 Å². The van der Waals surface area contributed by atoms with Gasteiger partial charge in [-0.2, -0.15) is 0 Å². The summed E-state index contributed by atoms with van der Waals surface area (Å²) in [5.41, 5.74) is 0. The van der Waals surface area contributed by atoms with Crippen LogP contribution in [0.3, 0.4) is 0 Å². The van der Waals surface area contributed by atoms with Crippen molar-refractivity contribution in [1.82, 2.24) is 0 Å². The summed E-state index contributed by atoms with van der Waals surface area (Å²) in [5, 5.41) is 9.91. The fourth-order valence-corrected chi connectivity index (χ4v) is 2.20. The molecule has 0 bridgehead atoms. The lowest BCUT2D eigenvalue weighted by molar-refractivity contribution is -0.0630. The van der Waals surface area contributed by atoms with Gasteiger partial charge in [-0.05, 0) is 31.1 Å². The number of aliphatic hydroxyl groups is 1.